The molecule has 0 unspecified atom stereocenters. The number of nitrogens with one attached hydrogen (secondary N) is 2. The van der Waals surface area contributed by atoms with Crippen LogP contribution in [0.1, 0.15) is 48.2 Å². The van der Waals surface area contributed by atoms with Crippen LogP contribution in [0, 0.1) is 12.7 Å². The Balaban J connectivity index is 1.65. The summed E-state index contributed by atoms with van der Waals surface area (Å²) in [5.74, 6) is -0.169. The molecular weight excluding hydrogens is 373 g/mol. The number of pyridine rings is 1. The van der Waals surface area contributed by atoms with Gasteiger partial charge >= 0.3 is 0 Å². The quantitative estimate of drug-likeness (QED) is 0.697. The van der Waals surface area contributed by atoms with Crippen LogP contribution in [0.4, 0.5) is 15.9 Å². The zero-order valence-corrected chi connectivity index (χ0v) is 16.0. The first-order chi connectivity index (χ1) is 14.0. The first-order valence-electron chi connectivity index (χ1n) is 9.75. The number of benzene rings is 1. The average Bonchev–Trinajstić information content (AvgIpc) is 2.98. The van der Waals surface area contributed by atoms with Gasteiger partial charge in [0.05, 0.1) is 5.52 Å². The maximum absolute atomic E-state index is 13.5. The normalized spacial score (nSPS) is 17.4. The molecule has 2 N–H and O–H groups in total. The minimum atomic E-state index is -0.652. The van der Waals surface area contributed by atoms with Crippen molar-refractivity contribution in [1.29, 1.82) is 0 Å². The molecule has 29 heavy (non-hydrogen) atoms. The molecule has 1 amide bonds. The van der Waals surface area contributed by atoms with E-state index >= 15 is 0 Å². The van der Waals surface area contributed by atoms with E-state index in [2.05, 4.69) is 20.6 Å². The van der Waals surface area contributed by atoms with E-state index in [1.54, 1.807) is 16.7 Å². The molecule has 1 aliphatic carbocycles. The van der Waals surface area contributed by atoms with Crippen molar-refractivity contribution in [1.82, 2.24) is 19.9 Å². The molecule has 148 valence electrons. The molecule has 1 fully saturated rings. The molecule has 1 aliphatic heterocycles. The molecule has 3 heterocycles. The molecule has 3 aromatic rings. The van der Waals surface area contributed by atoms with Crippen molar-refractivity contribution >= 4 is 28.3 Å². The number of rotatable bonds is 2. The topological polar surface area (TPSA) is 88.9 Å². The fourth-order valence-corrected chi connectivity index (χ4v) is 4.59. The van der Waals surface area contributed by atoms with Gasteiger partial charge in [-0.2, -0.15) is 0 Å². The highest BCUT2D eigenvalue weighted by Crippen LogP contribution is 2.37. The van der Waals surface area contributed by atoms with E-state index in [0.29, 0.717) is 28.1 Å². The van der Waals surface area contributed by atoms with Crippen molar-refractivity contribution in [2.45, 2.75) is 44.7 Å². The predicted molar refractivity (Wildman–Crippen MR) is 107 cm³/mol. The number of anilines is 2. The van der Waals surface area contributed by atoms with Gasteiger partial charge in [0.15, 0.2) is 0 Å². The van der Waals surface area contributed by atoms with Crippen molar-refractivity contribution in [2.75, 3.05) is 5.32 Å². The summed E-state index contributed by atoms with van der Waals surface area (Å²) in [6.07, 6.45) is 5.84. The van der Waals surface area contributed by atoms with E-state index in [0.717, 1.165) is 37.7 Å². The molecule has 0 saturated heterocycles. The highest BCUT2D eigenvalue weighted by molar-refractivity contribution is 5.97. The van der Waals surface area contributed by atoms with Gasteiger partial charge in [-0.25, -0.2) is 14.4 Å². The van der Waals surface area contributed by atoms with Crippen LogP contribution in [-0.4, -0.2) is 20.4 Å². The van der Waals surface area contributed by atoms with Crippen LogP contribution in [-0.2, 0) is 5.66 Å². The third kappa shape index (κ3) is 2.70. The number of hydrogen-bond donors (Lipinski definition) is 2. The molecule has 2 aromatic heterocycles. The molecule has 1 spiro atoms. The van der Waals surface area contributed by atoms with Crippen LogP contribution in [0.15, 0.2) is 35.4 Å². The second-order valence-corrected chi connectivity index (χ2v) is 7.79. The highest BCUT2D eigenvalue weighted by atomic mass is 19.1. The fourth-order valence-electron chi connectivity index (χ4n) is 4.59. The maximum atomic E-state index is 13.5. The van der Waals surface area contributed by atoms with E-state index in [9.17, 15) is 14.0 Å². The second kappa shape index (κ2) is 6.37. The Morgan fingerprint density at radius 2 is 1.93 bits per heavy atom. The third-order valence-electron chi connectivity index (χ3n) is 5.91. The fraction of sp³-hybridized carbons (Fsp3) is 0.333. The lowest BCUT2D eigenvalue weighted by Gasteiger charge is -2.35. The van der Waals surface area contributed by atoms with Gasteiger partial charge in [0, 0.05) is 11.5 Å². The lowest BCUT2D eigenvalue weighted by atomic mass is 9.89. The van der Waals surface area contributed by atoms with Gasteiger partial charge in [-0.3, -0.25) is 14.2 Å². The van der Waals surface area contributed by atoms with Gasteiger partial charge in [0.2, 0.25) is 0 Å². The van der Waals surface area contributed by atoms with Gasteiger partial charge in [-0.05, 0) is 56.4 Å². The van der Waals surface area contributed by atoms with Crippen molar-refractivity contribution in [3.05, 3.63) is 58.0 Å². The summed E-state index contributed by atoms with van der Waals surface area (Å²) >= 11 is 0. The van der Waals surface area contributed by atoms with E-state index in [4.69, 9.17) is 0 Å². The average molecular weight is 393 g/mol. The van der Waals surface area contributed by atoms with Crippen molar-refractivity contribution in [2.24, 2.45) is 0 Å². The Labute approximate surface area is 166 Å². The lowest BCUT2D eigenvalue weighted by molar-refractivity contribution is 0.0876. The van der Waals surface area contributed by atoms with E-state index < -0.39 is 5.66 Å². The minimum absolute atomic E-state index is 0.198. The van der Waals surface area contributed by atoms with Gasteiger partial charge in [-0.1, -0.05) is 6.42 Å². The number of aromatic nitrogens is 3. The summed E-state index contributed by atoms with van der Waals surface area (Å²) < 4.78 is 15.2. The molecule has 2 aliphatic rings. The molecule has 0 atom stereocenters. The Morgan fingerprint density at radius 3 is 2.72 bits per heavy atom. The molecule has 0 radical (unpaired) electrons. The van der Waals surface area contributed by atoms with E-state index in [1.807, 2.05) is 6.92 Å². The second-order valence-electron chi connectivity index (χ2n) is 7.79. The summed E-state index contributed by atoms with van der Waals surface area (Å²) in [6.45, 7) is 1.82. The number of nitrogens with zero attached hydrogens (tertiary/aromatic N) is 3. The van der Waals surface area contributed by atoms with Gasteiger partial charge in [0.1, 0.15) is 35.0 Å². The molecule has 5 rings (SSSR count). The summed E-state index contributed by atoms with van der Waals surface area (Å²) in [4.78, 5) is 34.4. The predicted octanol–water partition coefficient (Wildman–Crippen LogP) is 3.34. The minimum Gasteiger partial charge on any atom is -0.335 e. The Bertz CT molecular complexity index is 1210. The van der Waals surface area contributed by atoms with E-state index in [-0.39, 0.29) is 17.3 Å². The zero-order chi connectivity index (χ0) is 20.2. The summed E-state index contributed by atoms with van der Waals surface area (Å²) in [7, 11) is 0. The molecule has 8 heteroatoms. The standard InChI is InChI=1S/C21H20FN5O2/c1-12-9-16(25-18-14-6-5-13(22)10-15(14)23-11-24-18)20(29)27-17(12)19(28)26-21(27)7-3-2-4-8-21/h5-6,9-11H,2-4,7-8H2,1H3,(H,26,28)(H,23,24,25). The number of amides is 1. The SMILES string of the molecule is Cc1cc(Nc2ncnc3cc(F)ccc23)c(=O)n2c1C(=O)NC21CCCCC1. The summed E-state index contributed by atoms with van der Waals surface area (Å²) in [5.41, 5.74) is 1.01. The largest absolute Gasteiger partial charge is 0.335 e. The van der Waals surface area contributed by atoms with Crippen molar-refractivity contribution in [3.8, 4) is 0 Å². The van der Waals surface area contributed by atoms with Crippen LogP contribution in [0.5, 0.6) is 0 Å². The number of aryl methyl sites for hydroxylation is 1. The highest BCUT2D eigenvalue weighted by Gasteiger charge is 2.45. The first-order valence-corrected chi connectivity index (χ1v) is 9.75. The monoisotopic (exact) mass is 393 g/mol. The lowest BCUT2D eigenvalue weighted by Crippen LogP contribution is -2.48. The summed E-state index contributed by atoms with van der Waals surface area (Å²) in [6, 6.07) is 5.91. The molecule has 1 aromatic carbocycles. The van der Waals surface area contributed by atoms with E-state index in [1.165, 1.54) is 18.5 Å². The van der Waals surface area contributed by atoms with Gasteiger partial charge in [0.25, 0.3) is 11.5 Å². The Kier molecular flexibility index (Phi) is 3.90. The van der Waals surface area contributed by atoms with Crippen LogP contribution >= 0.6 is 0 Å². The van der Waals surface area contributed by atoms with Crippen LogP contribution in [0.2, 0.25) is 0 Å². The number of fused-ring (bicyclic) bond motifs is 3. The molecular formula is C21H20FN5O2. The van der Waals surface area contributed by atoms with Crippen LogP contribution in [0.25, 0.3) is 10.9 Å². The Hall–Kier alpha value is -3.29. The molecule has 0 bridgehead atoms. The van der Waals surface area contributed by atoms with Crippen LogP contribution < -0.4 is 16.2 Å². The van der Waals surface area contributed by atoms with Gasteiger partial charge < -0.3 is 10.6 Å². The smallest absolute Gasteiger partial charge is 0.276 e. The van der Waals surface area contributed by atoms with Crippen molar-refractivity contribution < 1.29 is 9.18 Å². The Morgan fingerprint density at radius 1 is 1.14 bits per heavy atom. The zero-order valence-electron chi connectivity index (χ0n) is 16.0. The summed E-state index contributed by atoms with van der Waals surface area (Å²) in [5, 5.41) is 6.78. The first kappa shape index (κ1) is 17.8. The number of halogens is 1. The molecule has 7 nitrogen and oxygen atoms in total. The number of hydrogen-bond acceptors (Lipinski definition) is 5. The maximum Gasteiger partial charge on any atom is 0.276 e. The third-order valence-corrected chi connectivity index (χ3v) is 5.91. The van der Waals surface area contributed by atoms with Crippen LogP contribution in [0.3, 0.4) is 0 Å². The molecule has 1 saturated carbocycles. The number of carbonyl (C=O) groups is 1. The van der Waals surface area contributed by atoms with Gasteiger partial charge in [-0.15, -0.1) is 0 Å². The van der Waals surface area contributed by atoms with Crippen molar-refractivity contribution in [3.63, 3.8) is 0 Å². The number of carbonyl (C=O) groups excluding carboxylic acids is 1.